The molecule has 1 saturated heterocycles. The maximum atomic E-state index is 13.5. The Morgan fingerprint density at radius 2 is 1.85 bits per heavy atom. The second-order valence-electron chi connectivity index (χ2n) is 7.08. The van der Waals surface area contributed by atoms with Crippen LogP contribution in [0.25, 0.3) is 0 Å². The molecule has 1 fully saturated rings. The van der Waals surface area contributed by atoms with Crippen molar-refractivity contribution >= 4 is 11.7 Å². The van der Waals surface area contributed by atoms with Gasteiger partial charge in [0, 0.05) is 32.1 Å². The first-order valence-corrected chi connectivity index (χ1v) is 9.50. The van der Waals surface area contributed by atoms with Gasteiger partial charge in [-0.2, -0.15) is 0 Å². The van der Waals surface area contributed by atoms with Crippen LogP contribution in [-0.4, -0.2) is 42.8 Å². The monoisotopic (exact) mass is 363 g/mol. The minimum absolute atomic E-state index is 0.186. The van der Waals surface area contributed by atoms with Crippen LogP contribution in [0.4, 0.5) is 4.39 Å². The summed E-state index contributed by atoms with van der Waals surface area (Å²) in [6.45, 7) is 6.39. The Hall–Kier alpha value is -1.79. The van der Waals surface area contributed by atoms with Gasteiger partial charge in [0.15, 0.2) is 11.3 Å². The van der Waals surface area contributed by atoms with Gasteiger partial charge in [-0.15, -0.1) is 0 Å². The van der Waals surface area contributed by atoms with Gasteiger partial charge in [0.2, 0.25) is 5.91 Å². The standard InChI is InChI=1S/C20H30FN3O2/c1-3-4-5-6-15(2)18(25)20(19(22)26,24-13-11-23-12-14-24)16-7-9-17(21)10-8-16/h7-10,15,23H,3-6,11-14H2,1-2H3,(H2,22,26). The third-order valence-corrected chi connectivity index (χ3v) is 5.25. The van der Waals surface area contributed by atoms with Crippen molar-refractivity contribution < 1.29 is 14.0 Å². The molecule has 1 aromatic carbocycles. The molecule has 3 N–H and O–H groups in total. The van der Waals surface area contributed by atoms with Crippen LogP contribution in [0.2, 0.25) is 0 Å². The molecule has 26 heavy (non-hydrogen) atoms. The van der Waals surface area contributed by atoms with E-state index in [1.807, 2.05) is 11.8 Å². The van der Waals surface area contributed by atoms with E-state index in [1.54, 1.807) is 0 Å². The number of hydrogen-bond acceptors (Lipinski definition) is 4. The van der Waals surface area contributed by atoms with Crippen LogP contribution in [-0.2, 0) is 15.1 Å². The summed E-state index contributed by atoms with van der Waals surface area (Å²) < 4.78 is 13.5. The van der Waals surface area contributed by atoms with Crippen LogP contribution in [0.15, 0.2) is 24.3 Å². The van der Waals surface area contributed by atoms with Crippen molar-refractivity contribution in [1.82, 2.24) is 10.2 Å². The minimum atomic E-state index is -1.54. The molecule has 2 rings (SSSR count). The van der Waals surface area contributed by atoms with Crippen molar-refractivity contribution in [3.05, 3.63) is 35.6 Å². The lowest BCUT2D eigenvalue weighted by Gasteiger charge is -2.44. The topological polar surface area (TPSA) is 75.4 Å². The minimum Gasteiger partial charge on any atom is -0.367 e. The van der Waals surface area contributed by atoms with Crippen LogP contribution in [0.3, 0.4) is 0 Å². The van der Waals surface area contributed by atoms with Gasteiger partial charge in [-0.3, -0.25) is 14.5 Å². The molecule has 0 bridgehead atoms. The number of carbonyl (C=O) groups excluding carboxylic acids is 2. The number of hydrogen-bond donors (Lipinski definition) is 2. The van der Waals surface area contributed by atoms with Crippen molar-refractivity contribution in [2.45, 2.75) is 45.1 Å². The van der Waals surface area contributed by atoms with Gasteiger partial charge < -0.3 is 11.1 Å². The zero-order valence-electron chi connectivity index (χ0n) is 15.8. The van der Waals surface area contributed by atoms with Crippen LogP contribution in [0.5, 0.6) is 0 Å². The summed E-state index contributed by atoms with van der Waals surface area (Å²) in [5.74, 6) is -1.57. The Balaban J connectivity index is 2.46. The van der Waals surface area contributed by atoms with E-state index < -0.39 is 17.3 Å². The van der Waals surface area contributed by atoms with Crippen molar-refractivity contribution in [2.75, 3.05) is 26.2 Å². The first-order valence-electron chi connectivity index (χ1n) is 9.50. The molecular formula is C20H30FN3O2. The molecular weight excluding hydrogens is 333 g/mol. The Kier molecular flexibility index (Phi) is 7.29. The third-order valence-electron chi connectivity index (χ3n) is 5.25. The largest absolute Gasteiger partial charge is 0.367 e. The van der Waals surface area contributed by atoms with Crippen LogP contribution in [0, 0.1) is 11.7 Å². The highest BCUT2D eigenvalue weighted by Crippen LogP contribution is 2.34. The van der Waals surface area contributed by atoms with Crippen molar-refractivity contribution in [2.24, 2.45) is 11.7 Å². The summed E-state index contributed by atoms with van der Waals surface area (Å²) in [4.78, 5) is 28.1. The fourth-order valence-electron chi connectivity index (χ4n) is 3.78. The van der Waals surface area contributed by atoms with Gasteiger partial charge >= 0.3 is 0 Å². The Labute approximate surface area is 155 Å². The van der Waals surface area contributed by atoms with E-state index in [0.717, 1.165) is 25.7 Å². The maximum absolute atomic E-state index is 13.5. The Morgan fingerprint density at radius 1 is 1.23 bits per heavy atom. The zero-order valence-corrected chi connectivity index (χ0v) is 15.8. The molecule has 0 saturated carbocycles. The van der Waals surface area contributed by atoms with E-state index in [-0.39, 0.29) is 11.7 Å². The molecule has 1 heterocycles. The number of Topliss-reactive ketones (excluding diaryl/α,β-unsaturated/α-hetero) is 1. The molecule has 0 spiro atoms. The number of ketones is 1. The highest BCUT2D eigenvalue weighted by Gasteiger charge is 2.52. The summed E-state index contributed by atoms with van der Waals surface area (Å²) in [5.41, 5.74) is 4.77. The summed E-state index contributed by atoms with van der Waals surface area (Å²) in [6.07, 6.45) is 3.77. The molecule has 0 radical (unpaired) electrons. The number of primary amides is 1. The third kappa shape index (κ3) is 4.13. The quantitative estimate of drug-likeness (QED) is 0.521. The average Bonchev–Trinajstić information content (AvgIpc) is 2.64. The molecule has 1 aliphatic heterocycles. The first-order chi connectivity index (χ1) is 12.4. The molecule has 1 aliphatic rings. The lowest BCUT2D eigenvalue weighted by molar-refractivity contribution is -0.147. The summed E-state index contributed by atoms with van der Waals surface area (Å²) in [5, 5.41) is 3.23. The second-order valence-corrected chi connectivity index (χ2v) is 7.08. The van der Waals surface area contributed by atoms with Gasteiger partial charge in [-0.05, 0) is 24.1 Å². The summed E-state index contributed by atoms with van der Waals surface area (Å²) >= 11 is 0. The molecule has 1 aromatic rings. The smallest absolute Gasteiger partial charge is 0.250 e. The van der Waals surface area contributed by atoms with Gasteiger partial charge in [-0.1, -0.05) is 45.2 Å². The number of unbranched alkanes of at least 4 members (excludes halogenated alkanes) is 2. The SMILES string of the molecule is CCCCCC(C)C(=O)C(C(N)=O)(c1ccc(F)cc1)N1CCNCC1. The molecule has 0 aromatic heterocycles. The maximum Gasteiger partial charge on any atom is 0.250 e. The van der Waals surface area contributed by atoms with Crippen LogP contribution >= 0.6 is 0 Å². The predicted molar refractivity (Wildman–Crippen MR) is 100 cm³/mol. The van der Waals surface area contributed by atoms with Gasteiger partial charge in [0.25, 0.3) is 0 Å². The van der Waals surface area contributed by atoms with E-state index in [0.29, 0.717) is 31.7 Å². The number of nitrogens with zero attached hydrogens (tertiary/aromatic N) is 1. The second kappa shape index (κ2) is 9.24. The Bertz CT molecular complexity index is 614. The van der Waals surface area contributed by atoms with Gasteiger partial charge in [0.05, 0.1) is 0 Å². The van der Waals surface area contributed by atoms with Crippen LogP contribution in [0.1, 0.15) is 45.1 Å². The molecule has 2 unspecified atom stereocenters. The number of carbonyl (C=O) groups is 2. The lowest BCUT2D eigenvalue weighted by Crippen LogP contribution is -2.65. The van der Waals surface area contributed by atoms with Gasteiger partial charge in [-0.25, -0.2) is 4.39 Å². The van der Waals surface area contributed by atoms with E-state index >= 15 is 0 Å². The highest BCUT2D eigenvalue weighted by molar-refractivity contribution is 6.11. The number of nitrogens with one attached hydrogen (secondary N) is 1. The number of amides is 1. The highest BCUT2D eigenvalue weighted by atomic mass is 19.1. The van der Waals surface area contributed by atoms with Crippen LogP contribution < -0.4 is 11.1 Å². The van der Waals surface area contributed by atoms with E-state index in [4.69, 9.17) is 5.73 Å². The summed E-state index contributed by atoms with van der Waals surface area (Å²) in [6, 6.07) is 5.59. The molecule has 0 aliphatic carbocycles. The summed E-state index contributed by atoms with van der Waals surface area (Å²) in [7, 11) is 0. The molecule has 2 atom stereocenters. The lowest BCUT2D eigenvalue weighted by atomic mass is 9.76. The zero-order chi connectivity index (χ0) is 19.2. The number of halogens is 1. The van der Waals surface area contributed by atoms with Crippen molar-refractivity contribution in [1.29, 1.82) is 0 Å². The van der Waals surface area contributed by atoms with E-state index in [9.17, 15) is 14.0 Å². The predicted octanol–water partition coefficient (Wildman–Crippen LogP) is 2.20. The average molecular weight is 363 g/mol. The normalized spacial score (nSPS) is 18.9. The fraction of sp³-hybridized carbons (Fsp3) is 0.600. The van der Waals surface area contributed by atoms with E-state index in [2.05, 4.69) is 12.2 Å². The number of piperazine rings is 1. The molecule has 5 nitrogen and oxygen atoms in total. The number of nitrogens with two attached hydrogens (primary N) is 1. The molecule has 6 heteroatoms. The Morgan fingerprint density at radius 3 is 2.38 bits per heavy atom. The molecule has 1 amide bonds. The first kappa shape index (κ1) is 20.5. The number of rotatable bonds is 9. The molecule has 144 valence electrons. The van der Waals surface area contributed by atoms with Crippen molar-refractivity contribution in [3.63, 3.8) is 0 Å². The van der Waals surface area contributed by atoms with E-state index in [1.165, 1.54) is 24.3 Å². The fourth-order valence-corrected chi connectivity index (χ4v) is 3.78. The number of benzene rings is 1. The van der Waals surface area contributed by atoms with Gasteiger partial charge in [0.1, 0.15) is 5.82 Å². The van der Waals surface area contributed by atoms with Crippen molar-refractivity contribution in [3.8, 4) is 0 Å².